The van der Waals surface area contributed by atoms with Gasteiger partial charge in [0.1, 0.15) is 4.88 Å². The molecule has 0 saturated heterocycles. The van der Waals surface area contributed by atoms with E-state index >= 15 is 0 Å². The summed E-state index contributed by atoms with van der Waals surface area (Å²) >= 11 is 1.49. The van der Waals surface area contributed by atoms with Gasteiger partial charge >= 0.3 is 0 Å². The number of rotatable bonds is 6. The van der Waals surface area contributed by atoms with Crippen LogP contribution in [-0.4, -0.2) is 20.9 Å². The molecule has 4 aromatic rings. The standard InChI is InChI=1S/C22H22N4OS/c1-3-7-19-25-14(2)21(28-19)22(27)26-20(15-8-5-4-6-9-15)16-10-11-17-18(12-16)24-13-23-17/h4-6,8-13,20H,3,7H2,1-2H3,(H,23,24)(H,26,27). The molecule has 0 aliphatic carbocycles. The highest BCUT2D eigenvalue weighted by atomic mass is 32.1. The van der Waals surface area contributed by atoms with Crippen molar-refractivity contribution in [3.63, 3.8) is 0 Å². The lowest BCUT2D eigenvalue weighted by atomic mass is 9.98. The Balaban J connectivity index is 1.69. The van der Waals surface area contributed by atoms with Crippen LogP contribution in [0.4, 0.5) is 0 Å². The van der Waals surface area contributed by atoms with Gasteiger partial charge in [-0.1, -0.05) is 43.3 Å². The molecule has 6 heteroatoms. The number of carbonyl (C=O) groups excluding carboxylic acids is 1. The van der Waals surface area contributed by atoms with Crippen molar-refractivity contribution in [2.24, 2.45) is 0 Å². The van der Waals surface area contributed by atoms with E-state index in [1.807, 2.05) is 55.5 Å². The number of carbonyl (C=O) groups is 1. The Labute approximate surface area is 167 Å². The number of nitrogens with zero attached hydrogens (tertiary/aromatic N) is 2. The van der Waals surface area contributed by atoms with E-state index < -0.39 is 0 Å². The van der Waals surface area contributed by atoms with E-state index in [9.17, 15) is 4.79 Å². The predicted molar refractivity (Wildman–Crippen MR) is 113 cm³/mol. The van der Waals surface area contributed by atoms with Gasteiger partial charge in [-0.2, -0.15) is 0 Å². The molecule has 0 aliphatic rings. The second kappa shape index (κ2) is 7.94. The summed E-state index contributed by atoms with van der Waals surface area (Å²) in [5.41, 5.74) is 4.69. The molecule has 0 bridgehead atoms. The summed E-state index contributed by atoms with van der Waals surface area (Å²) in [5, 5.41) is 4.23. The molecule has 2 heterocycles. The highest BCUT2D eigenvalue weighted by molar-refractivity contribution is 7.13. The number of benzene rings is 2. The molecular formula is C22H22N4OS. The fraction of sp³-hybridized carbons (Fsp3) is 0.227. The van der Waals surface area contributed by atoms with Crippen molar-refractivity contribution < 1.29 is 4.79 Å². The molecule has 0 aliphatic heterocycles. The fourth-order valence-corrected chi connectivity index (χ4v) is 4.39. The number of fused-ring (bicyclic) bond motifs is 1. The number of thiazole rings is 1. The molecule has 1 atom stereocenters. The van der Waals surface area contributed by atoms with Crippen LogP contribution in [0.3, 0.4) is 0 Å². The second-order valence-electron chi connectivity index (χ2n) is 6.77. The van der Waals surface area contributed by atoms with Crippen molar-refractivity contribution in [1.82, 2.24) is 20.3 Å². The summed E-state index contributed by atoms with van der Waals surface area (Å²) in [6.45, 7) is 4.02. The molecule has 2 aromatic carbocycles. The zero-order valence-corrected chi connectivity index (χ0v) is 16.7. The Morgan fingerprint density at radius 1 is 1.18 bits per heavy atom. The highest BCUT2D eigenvalue weighted by Crippen LogP contribution is 2.26. The van der Waals surface area contributed by atoms with Crippen LogP contribution in [0.2, 0.25) is 0 Å². The number of aromatic amines is 1. The number of nitrogens with one attached hydrogen (secondary N) is 2. The zero-order valence-electron chi connectivity index (χ0n) is 15.9. The minimum atomic E-state index is -0.252. The number of hydrogen-bond acceptors (Lipinski definition) is 4. The van der Waals surface area contributed by atoms with Crippen molar-refractivity contribution >= 4 is 28.3 Å². The third kappa shape index (κ3) is 3.68. The Bertz CT molecular complexity index is 1100. The van der Waals surface area contributed by atoms with Crippen molar-refractivity contribution in [3.05, 3.63) is 81.6 Å². The zero-order chi connectivity index (χ0) is 19.5. The third-order valence-corrected chi connectivity index (χ3v) is 5.91. The molecule has 0 fully saturated rings. The molecule has 5 nitrogen and oxygen atoms in total. The molecule has 1 unspecified atom stereocenters. The van der Waals surface area contributed by atoms with E-state index in [2.05, 4.69) is 27.2 Å². The Kier molecular flexibility index (Phi) is 5.21. The second-order valence-corrected chi connectivity index (χ2v) is 7.85. The molecule has 0 radical (unpaired) electrons. The van der Waals surface area contributed by atoms with Crippen LogP contribution >= 0.6 is 11.3 Å². The number of H-pyrrole nitrogens is 1. The smallest absolute Gasteiger partial charge is 0.264 e. The largest absolute Gasteiger partial charge is 0.345 e. The van der Waals surface area contributed by atoms with Crippen LogP contribution in [0, 0.1) is 6.92 Å². The van der Waals surface area contributed by atoms with Crippen LogP contribution < -0.4 is 5.32 Å². The van der Waals surface area contributed by atoms with E-state index in [4.69, 9.17) is 0 Å². The molecule has 28 heavy (non-hydrogen) atoms. The van der Waals surface area contributed by atoms with Crippen molar-refractivity contribution in [1.29, 1.82) is 0 Å². The molecule has 0 saturated carbocycles. The van der Waals surface area contributed by atoms with Gasteiger partial charge in [-0.15, -0.1) is 11.3 Å². The average molecular weight is 391 g/mol. The van der Waals surface area contributed by atoms with Crippen molar-refractivity contribution in [3.8, 4) is 0 Å². The topological polar surface area (TPSA) is 70.7 Å². The number of amides is 1. The van der Waals surface area contributed by atoms with Gasteiger partial charge in [0, 0.05) is 0 Å². The highest BCUT2D eigenvalue weighted by Gasteiger charge is 2.21. The van der Waals surface area contributed by atoms with Gasteiger partial charge < -0.3 is 10.3 Å². The SMILES string of the molecule is CCCc1nc(C)c(C(=O)NC(c2ccccc2)c2ccc3nc[nH]c3c2)s1. The van der Waals surface area contributed by atoms with Gasteiger partial charge in [-0.25, -0.2) is 9.97 Å². The van der Waals surface area contributed by atoms with Gasteiger partial charge in [0.05, 0.1) is 34.1 Å². The fourth-order valence-electron chi connectivity index (χ4n) is 3.32. The van der Waals surface area contributed by atoms with Crippen LogP contribution in [0.25, 0.3) is 11.0 Å². The lowest BCUT2D eigenvalue weighted by Crippen LogP contribution is -2.29. The monoisotopic (exact) mass is 390 g/mol. The molecule has 1 amide bonds. The van der Waals surface area contributed by atoms with Gasteiger partial charge in [0.25, 0.3) is 5.91 Å². The van der Waals surface area contributed by atoms with E-state index in [1.54, 1.807) is 6.33 Å². The number of aryl methyl sites for hydroxylation is 2. The molecule has 4 rings (SSSR count). The maximum absolute atomic E-state index is 13.1. The lowest BCUT2D eigenvalue weighted by molar-refractivity contribution is 0.0946. The number of hydrogen-bond donors (Lipinski definition) is 2. The molecular weight excluding hydrogens is 368 g/mol. The summed E-state index contributed by atoms with van der Waals surface area (Å²) < 4.78 is 0. The van der Waals surface area contributed by atoms with Crippen LogP contribution in [0.1, 0.15) is 50.9 Å². The summed E-state index contributed by atoms with van der Waals surface area (Å²) in [6.07, 6.45) is 3.60. The summed E-state index contributed by atoms with van der Waals surface area (Å²) in [5.74, 6) is -0.0871. The van der Waals surface area contributed by atoms with Crippen LogP contribution in [-0.2, 0) is 6.42 Å². The van der Waals surface area contributed by atoms with Crippen molar-refractivity contribution in [2.75, 3.05) is 0 Å². The van der Waals surface area contributed by atoms with Gasteiger partial charge in [-0.3, -0.25) is 4.79 Å². The summed E-state index contributed by atoms with van der Waals surface area (Å²) in [6, 6.07) is 15.8. The average Bonchev–Trinajstić information content (AvgIpc) is 3.32. The Morgan fingerprint density at radius 3 is 2.79 bits per heavy atom. The molecule has 2 aromatic heterocycles. The van der Waals surface area contributed by atoms with Crippen LogP contribution in [0.15, 0.2) is 54.9 Å². The van der Waals surface area contributed by atoms with Crippen molar-refractivity contribution in [2.45, 2.75) is 32.7 Å². The Hall–Kier alpha value is -2.99. The number of aromatic nitrogens is 3. The normalized spacial score (nSPS) is 12.2. The first-order chi connectivity index (χ1) is 13.7. The first-order valence-electron chi connectivity index (χ1n) is 9.41. The summed E-state index contributed by atoms with van der Waals surface area (Å²) in [4.78, 5) is 25.8. The molecule has 2 N–H and O–H groups in total. The van der Waals surface area contributed by atoms with Gasteiger partial charge in [-0.05, 0) is 43.0 Å². The predicted octanol–water partition coefficient (Wildman–Crippen LogP) is 4.80. The van der Waals surface area contributed by atoms with E-state index in [-0.39, 0.29) is 11.9 Å². The quantitative estimate of drug-likeness (QED) is 0.497. The first kappa shape index (κ1) is 18.4. The van der Waals surface area contributed by atoms with Gasteiger partial charge in [0.15, 0.2) is 0 Å². The third-order valence-electron chi connectivity index (χ3n) is 4.70. The summed E-state index contributed by atoms with van der Waals surface area (Å²) in [7, 11) is 0. The Morgan fingerprint density at radius 2 is 2.00 bits per heavy atom. The first-order valence-corrected chi connectivity index (χ1v) is 10.2. The molecule has 142 valence electrons. The molecule has 0 spiro atoms. The van der Waals surface area contributed by atoms with E-state index in [1.165, 1.54) is 11.3 Å². The lowest BCUT2D eigenvalue weighted by Gasteiger charge is -2.20. The maximum atomic E-state index is 13.1. The minimum absolute atomic E-state index is 0.0871. The van der Waals surface area contributed by atoms with Crippen LogP contribution in [0.5, 0.6) is 0 Å². The van der Waals surface area contributed by atoms with E-state index in [0.29, 0.717) is 4.88 Å². The maximum Gasteiger partial charge on any atom is 0.264 e. The minimum Gasteiger partial charge on any atom is -0.345 e. The number of imidazole rings is 1. The van der Waals surface area contributed by atoms with E-state index in [0.717, 1.165) is 45.7 Å². The van der Waals surface area contributed by atoms with Gasteiger partial charge in [0.2, 0.25) is 0 Å².